The Kier molecular flexibility index (Phi) is 11.1. The molecular formula is C34H35Cl2N5O8S2. The summed E-state index contributed by atoms with van der Waals surface area (Å²) >= 11 is 12.9. The molecular weight excluding hydrogens is 741 g/mol. The van der Waals surface area contributed by atoms with Crippen LogP contribution in [0.4, 0.5) is 5.82 Å². The van der Waals surface area contributed by atoms with Crippen LogP contribution in [0.25, 0.3) is 5.78 Å². The van der Waals surface area contributed by atoms with E-state index in [-0.39, 0.29) is 67.3 Å². The van der Waals surface area contributed by atoms with Gasteiger partial charge in [-0.05, 0) is 49.9 Å². The molecule has 17 heteroatoms. The summed E-state index contributed by atoms with van der Waals surface area (Å²) in [7, 11) is -3.80. The Labute approximate surface area is 308 Å². The maximum absolute atomic E-state index is 14.5. The normalized spacial score (nSPS) is 19.3. The van der Waals surface area contributed by atoms with Gasteiger partial charge in [0.2, 0.25) is 32.6 Å². The minimum atomic E-state index is -3.80. The zero-order chi connectivity index (χ0) is 36.4. The van der Waals surface area contributed by atoms with Gasteiger partial charge < -0.3 is 23.7 Å². The molecule has 3 unspecified atom stereocenters. The third kappa shape index (κ3) is 8.12. The van der Waals surface area contributed by atoms with E-state index >= 15 is 0 Å². The van der Waals surface area contributed by atoms with Gasteiger partial charge in [0.15, 0.2) is 5.69 Å². The number of carbonyl (C=O) groups excluding carboxylic acids is 3. The van der Waals surface area contributed by atoms with Crippen molar-refractivity contribution in [2.75, 3.05) is 29.7 Å². The van der Waals surface area contributed by atoms with Gasteiger partial charge in [0.05, 0.1) is 39.5 Å². The smallest absolute Gasteiger partial charge is 0.303 e. The summed E-state index contributed by atoms with van der Waals surface area (Å²) in [6, 6.07) is 13.8. The van der Waals surface area contributed by atoms with Crippen LogP contribution in [-0.4, -0.2) is 87.4 Å². The molecule has 0 bridgehead atoms. The summed E-state index contributed by atoms with van der Waals surface area (Å²) in [5.41, 5.74) is 0.126. The molecule has 2 fully saturated rings. The van der Waals surface area contributed by atoms with E-state index < -0.39 is 31.7 Å². The van der Waals surface area contributed by atoms with Crippen LogP contribution in [0, 0.1) is 0 Å². The number of ether oxygens (including phenoxy) is 2. The predicted octanol–water partition coefficient (Wildman–Crippen LogP) is 4.24. The summed E-state index contributed by atoms with van der Waals surface area (Å²) in [6.45, 7) is 4.09. The number of fused-ring (bicyclic) bond motifs is 1. The highest BCUT2D eigenvalue weighted by atomic mass is 35.5. The maximum Gasteiger partial charge on any atom is 0.303 e. The predicted molar refractivity (Wildman–Crippen MR) is 195 cm³/mol. The molecule has 0 radical (unpaired) electrons. The molecule has 2 aliphatic heterocycles. The molecule has 2 aromatic carbocycles. The van der Waals surface area contributed by atoms with E-state index in [9.17, 15) is 27.6 Å². The lowest BCUT2D eigenvalue weighted by Crippen LogP contribution is -2.49. The fourth-order valence-corrected chi connectivity index (χ4v) is 8.89. The quantitative estimate of drug-likeness (QED) is 0.203. The molecule has 2 aromatic heterocycles. The van der Waals surface area contributed by atoms with Gasteiger partial charge in [-0.1, -0.05) is 71.4 Å². The number of rotatable bonds is 11. The minimum Gasteiger partial charge on any atom is -0.481 e. The number of benzene rings is 2. The Balaban J connectivity index is 1.45. The number of imidazole rings is 1. The molecule has 13 nitrogen and oxygen atoms in total. The van der Waals surface area contributed by atoms with E-state index in [2.05, 4.69) is 4.98 Å². The highest BCUT2D eigenvalue weighted by Crippen LogP contribution is 2.30. The second-order valence-corrected chi connectivity index (χ2v) is 16.5. The number of aldehydes is 1. The second-order valence-electron chi connectivity index (χ2n) is 12.4. The van der Waals surface area contributed by atoms with Crippen molar-refractivity contribution in [3.8, 4) is 5.75 Å². The van der Waals surface area contributed by atoms with E-state index in [0.717, 1.165) is 8.71 Å². The van der Waals surface area contributed by atoms with E-state index in [1.54, 1.807) is 47.4 Å². The molecule has 4 heterocycles. The number of sulfonamides is 1. The van der Waals surface area contributed by atoms with Crippen molar-refractivity contribution in [3.05, 3.63) is 91.9 Å². The molecule has 2 saturated heterocycles. The van der Waals surface area contributed by atoms with E-state index in [4.69, 9.17) is 32.7 Å². The van der Waals surface area contributed by atoms with E-state index in [1.807, 2.05) is 19.9 Å². The molecule has 4 aromatic rings. The standard InChI is InChI=1S/C34H35Cl2N5O8S2/c1-21-15-38(16-22(2)49-21)29(43)18-39-17-28(40-11-6-12-51(40,46)47)41-32(44)31(48-20-23-7-4-3-5-8-23)30(37-34(39)41)33(45)50-25(19-42)13-24-9-10-26(35)27(36)14-24/h3-5,7-10,14,17,19,21-22,25H,6,11-13,15-16,18,20H2,1-2H3. The number of hydrogen-bond donors (Lipinski definition) is 0. The van der Waals surface area contributed by atoms with Crippen LogP contribution < -0.4 is 14.6 Å². The molecule has 0 spiro atoms. The average molecular weight is 777 g/mol. The summed E-state index contributed by atoms with van der Waals surface area (Å²) in [5.74, 6) is -1.03. The molecule has 51 heavy (non-hydrogen) atoms. The van der Waals surface area contributed by atoms with Crippen molar-refractivity contribution in [3.63, 3.8) is 0 Å². The fourth-order valence-electron chi connectivity index (χ4n) is 6.17. The van der Waals surface area contributed by atoms with Gasteiger partial charge in [0.25, 0.3) is 0 Å². The number of morpholine rings is 1. The van der Waals surface area contributed by atoms with Gasteiger partial charge >= 0.3 is 5.56 Å². The highest BCUT2D eigenvalue weighted by Gasteiger charge is 2.35. The number of thioether (sulfide) groups is 1. The molecule has 0 N–H and O–H groups in total. The first kappa shape index (κ1) is 36.9. The Morgan fingerprint density at radius 1 is 1.08 bits per heavy atom. The van der Waals surface area contributed by atoms with E-state index in [1.165, 1.54) is 10.8 Å². The first-order valence-electron chi connectivity index (χ1n) is 16.2. The number of anilines is 1. The zero-order valence-corrected chi connectivity index (χ0v) is 30.9. The lowest BCUT2D eigenvalue weighted by atomic mass is 10.1. The number of halogens is 2. The van der Waals surface area contributed by atoms with Gasteiger partial charge in [-0.3, -0.25) is 18.7 Å². The first-order valence-corrected chi connectivity index (χ1v) is 19.5. The molecule has 270 valence electrons. The third-order valence-corrected chi connectivity index (χ3v) is 12.0. The topological polar surface area (TPSA) is 150 Å². The van der Waals surface area contributed by atoms with Gasteiger partial charge in [-0.15, -0.1) is 0 Å². The van der Waals surface area contributed by atoms with Crippen LogP contribution in [0.15, 0.2) is 59.5 Å². The van der Waals surface area contributed by atoms with Crippen LogP contribution in [0.2, 0.25) is 10.0 Å². The minimum absolute atomic E-state index is 0.0295. The number of amides is 1. The van der Waals surface area contributed by atoms with Gasteiger partial charge in [0.1, 0.15) is 25.3 Å². The van der Waals surface area contributed by atoms with Gasteiger partial charge in [0, 0.05) is 19.6 Å². The Bertz CT molecular complexity index is 2130. The average Bonchev–Trinajstić information content (AvgIpc) is 3.63. The Morgan fingerprint density at radius 3 is 2.45 bits per heavy atom. The lowest BCUT2D eigenvalue weighted by Gasteiger charge is -2.35. The summed E-state index contributed by atoms with van der Waals surface area (Å²) < 4.78 is 41.6. The molecule has 6 rings (SSSR count). The summed E-state index contributed by atoms with van der Waals surface area (Å²) in [6.07, 6.45) is 2.05. The molecule has 2 aliphatic rings. The van der Waals surface area contributed by atoms with Crippen molar-refractivity contribution < 1.29 is 32.3 Å². The monoisotopic (exact) mass is 775 g/mol. The second kappa shape index (κ2) is 15.4. The van der Waals surface area contributed by atoms with Crippen molar-refractivity contribution in [1.82, 2.24) is 18.9 Å². The summed E-state index contributed by atoms with van der Waals surface area (Å²) in [5, 5.41) is -1.01. The largest absolute Gasteiger partial charge is 0.481 e. The van der Waals surface area contributed by atoms with Crippen LogP contribution >= 0.6 is 35.0 Å². The summed E-state index contributed by atoms with van der Waals surface area (Å²) in [4.78, 5) is 60.6. The molecule has 1 amide bonds. The zero-order valence-electron chi connectivity index (χ0n) is 27.7. The Hall–Kier alpha value is -3.89. The molecule has 0 saturated carbocycles. The van der Waals surface area contributed by atoms with Crippen LogP contribution in [-0.2, 0) is 43.9 Å². The highest BCUT2D eigenvalue weighted by molar-refractivity contribution is 8.15. The van der Waals surface area contributed by atoms with Crippen molar-refractivity contribution in [2.45, 2.75) is 57.3 Å². The number of aromatic nitrogens is 3. The number of nitrogens with zero attached hydrogens (tertiary/aromatic N) is 5. The third-order valence-electron chi connectivity index (χ3n) is 8.46. The Morgan fingerprint density at radius 2 is 1.80 bits per heavy atom. The van der Waals surface area contributed by atoms with Crippen LogP contribution in [0.1, 0.15) is 41.9 Å². The van der Waals surface area contributed by atoms with Crippen molar-refractivity contribution in [2.24, 2.45) is 0 Å². The molecule has 3 atom stereocenters. The van der Waals surface area contributed by atoms with Gasteiger partial charge in [-0.25, -0.2) is 17.8 Å². The maximum atomic E-state index is 14.5. The van der Waals surface area contributed by atoms with Gasteiger partial charge in [-0.2, -0.15) is 0 Å². The number of hydrogen-bond acceptors (Lipinski definition) is 10. The van der Waals surface area contributed by atoms with Crippen molar-refractivity contribution >= 4 is 73.9 Å². The number of carbonyl (C=O) groups is 3. The lowest BCUT2D eigenvalue weighted by molar-refractivity contribution is -0.143. The SMILES string of the molecule is CC1CN(C(=O)Cn2cc(N3CCCS3(=O)=O)n3c(=O)c(OCc4ccccc4)c(C(=O)SC(C=O)Cc4ccc(Cl)c(Cl)c4)nc23)CC(C)O1. The van der Waals surface area contributed by atoms with Crippen LogP contribution in [0.5, 0.6) is 5.75 Å². The fraction of sp³-hybridized carbons (Fsp3) is 0.382. The molecule has 0 aliphatic carbocycles. The first-order chi connectivity index (χ1) is 24.3. The van der Waals surface area contributed by atoms with Crippen molar-refractivity contribution in [1.29, 1.82) is 0 Å². The van der Waals surface area contributed by atoms with E-state index in [0.29, 0.717) is 58.7 Å². The van der Waals surface area contributed by atoms with Crippen LogP contribution in [0.3, 0.4) is 0 Å².